The van der Waals surface area contributed by atoms with Crippen molar-refractivity contribution >= 4 is 51.9 Å². The van der Waals surface area contributed by atoms with Crippen molar-refractivity contribution in [3.8, 4) is 0 Å². The van der Waals surface area contributed by atoms with E-state index >= 15 is 0 Å². The molecule has 4 nitrogen and oxygen atoms in total. The first-order valence-electron chi connectivity index (χ1n) is 6.70. The zero-order valence-corrected chi connectivity index (χ0v) is 13.4. The quantitative estimate of drug-likeness (QED) is 0.634. The number of carbonyl (C=O) groups excluding carboxylic acids is 2. The maximum atomic E-state index is 12.6. The van der Waals surface area contributed by atoms with Gasteiger partial charge in [-0.1, -0.05) is 66.4 Å². The Bertz CT molecular complexity index is 813. The topological polar surface area (TPSA) is 60.4 Å². The van der Waals surface area contributed by atoms with Gasteiger partial charge in [-0.05, 0) is 29.3 Å². The predicted octanol–water partition coefficient (Wildman–Crippen LogP) is 2.46. The first-order valence-corrected chi connectivity index (χ1v) is 7.93. The van der Waals surface area contributed by atoms with Crippen LogP contribution in [0.2, 0.25) is 0 Å². The molecule has 0 unspecified atom stereocenters. The normalized spacial score (nSPS) is 16.2. The monoisotopic (exact) mass is 340 g/mol. The summed E-state index contributed by atoms with van der Waals surface area (Å²) in [6.07, 6.45) is 1.79. The van der Waals surface area contributed by atoms with E-state index in [1.807, 2.05) is 30.3 Å². The van der Waals surface area contributed by atoms with Crippen molar-refractivity contribution in [1.82, 2.24) is 0 Å². The number of hydrogen-bond acceptors (Lipinski definition) is 5. The highest BCUT2D eigenvalue weighted by molar-refractivity contribution is 8.27. The van der Waals surface area contributed by atoms with Crippen LogP contribution in [0.25, 0.3) is 6.08 Å². The highest BCUT2D eigenvalue weighted by atomic mass is 32.2. The molecule has 114 valence electrons. The third kappa shape index (κ3) is 3.18. The minimum absolute atomic E-state index is 0.0546. The fourth-order valence-electron chi connectivity index (χ4n) is 2.14. The highest BCUT2D eigenvalue weighted by Crippen LogP contribution is 2.35. The van der Waals surface area contributed by atoms with Gasteiger partial charge in [-0.2, -0.15) is 0 Å². The summed E-state index contributed by atoms with van der Waals surface area (Å²) in [7, 11) is 0. The minimum atomic E-state index is -1.26. The Balaban J connectivity index is 1.90. The van der Waals surface area contributed by atoms with Crippen molar-refractivity contribution in [2.75, 3.05) is 4.90 Å². The molecule has 1 heterocycles. The van der Waals surface area contributed by atoms with Gasteiger partial charge >= 0.3 is 0 Å². The zero-order valence-electron chi connectivity index (χ0n) is 11.8. The van der Waals surface area contributed by atoms with E-state index in [0.717, 1.165) is 5.56 Å². The molecule has 0 bridgehead atoms. The van der Waals surface area contributed by atoms with E-state index in [4.69, 9.17) is 12.2 Å². The number of hydrogen-bond donors (Lipinski definition) is 0. The standard InChI is InChI=1S/C17H11NO3S2/c19-15-14(10-11-4-2-1-3-5-11)23-17(22)18(15)13-8-6-12(7-9-13)16(20)21/h1-10H,(H,20,21)/p-1/b14-10+. The van der Waals surface area contributed by atoms with Gasteiger partial charge in [0.25, 0.3) is 5.91 Å². The van der Waals surface area contributed by atoms with Crippen LogP contribution in [0.4, 0.5) is 5.69 Å². The molecular formula is C17H10NO3S2-. The number of aromatic carboxylic acids is 1. The second-order valence-electron chi connectivity index (χ2n) is 4.76. The first kappa shape index (κ1) is 15.5. The fourth-order valence-corrected chi connectivity index (χ4v) is 3.44. The molecule has 3 rings (SSSR count). The number of thioether (sulfide) groups is 1. The zero-order chi connectivity index (χ0) is 16.4. The summed E-state index contributed by atoms with van der Waals surface area (Å²) in [4.78, 5) is 25.3. The molecule has 0 aliphatic carbocycles. The van der Waals surface area contributed by atoms with Crippen molar-refractivity contribution in [3.63, 3.8) is 0 Å². The number of benzene rings is 2. The molecule has 0 radical (unpaired) electrons. The van der Waals surface area contributed by atoms with E-state index in [0.29, 0.717) is 14.9 Å². The van der Waals surface area contributed by atoms with Crippen molar-refractivity contribution in [2.45, 2.75) is 0 Å². The summed E-state index contributed by atoms with van der Waals surface area (Å²) >= 11 is 6.50. The lowest BCUT2D eigenvalue weighted by molar-refractivity contribution is -0.255. The van der Waals surface area contributed by atoms with Crippen molar-refractivity contribution in [2.24, 2.45) is 0 Å². The second kappa shape index (κ2) is 6.36. The van der Waals surface area contributed by atoms with Gasteiger partial charge < -0.3 is 9.90 Å². The van der Waals surface area contributed by atoms with Crippen LogP contribution in [0.3, 0.4) is 0 Å². The maximum absolute atomic E-state index is 12.6. The van der Waals surface area contributed by atoms with Gasteiger partial charge in [0.1, 0.15) is 0 Å². The van der Waals surface area contributed by atoms with E-state index in [9.17, 15) is 14.7 Å². The number of thiocarbonyl (C=S) groups is 1. The molecular weight excluding hydrogens is 330 g/mol. The van der Waals surface area contributed by atoms with Crippen LogP contribution in [0.15, 0.2) is 59.5 Å². The molecule has 0 atom stereocenters. The summed E-state index contributed by atoms with van der Waals surface area (Å²) in [5.74, 6) is -1.48. The van der Waals surface area contributed by atoms with Gasteiger partial charge in [-0.3, -0.25) is 9.69 Å². The lowest BCUT2D eigenvalue weighted by atomic mass is 10.2. The molecule has 0 saturated carbocycles. The molecule has 2 aromatic rings. The fraction of sp³-hybridized carbons (Fsp3) is 0. The molecule has 6 heteroatoms. The Morgan fingerprint density at radius 2 is 1.74 bits per heavy atom. The van der Waals surface area contributed by atoms with Crippen molar-refractivity contribution < 1.29 is 14.7 Å². The lowest BCUT2D eigenvalue weighted by Crippen LogP contribution is -2.28. The minimum Gasteiger partial charge on any atom is -0.545 e. The summed E-state index contributed by atoms with van der Waals surface area (Å²) < 4.78 is 0.415. The molecule has 0 spiro atoms. The number of rotatable bonds is 3. The maximum Gasteiger partial charge on any atom is 0.270 e. The van der Waals surface area contributed by atoms with Crippen LogP contribution < -0.4 is 10.0 Å². The summed E-state index contributed by atoms with van der Waals surface area (Å²) in [6, 6.07) is 15.4. The summed E-state index contributed by atoms with van der Waals surface area (Å²) in [5.41, 5.74) is 1.51. The number of carbonyl (C=O) groups is 2. The summed E-state index contributed by atoms with van der Waals surface area (Å²) in [5, 5.41) is 10.8. The predicted molar refractivity (Wildman–Crippen MR) is 92.9 cm³/mol. The van der Waals surface area contributed by atoms with E-state index in [1.165, 1.54) is 28.8 Å². The molecule has 1 aliphatic rings. The van der Waals surface area contributed by atoms with Crippen LogP contribution in [-0.2, 0) is 4.79 Å². The average Bonchev–Trinajstić information content (AvgIpc) is 2.82. The molecule has 2 aromatic carbocycles. The van der Waals surface area contributed by atoms with Crippen LogP contribution in [-0.4, -0.2) is 16.2 Å². The molecule has 1 saturated heterocycles. The Morgan fingerprint density at radius 1 is 1.09 bits per heavy atom. The Kier molecular flexibility index (Phi) is 4.27. The summed E-state index contributed by atoms with van der Waals surface area (Å²) in [6.45, 7) is 0. The van der Waals surface area contributed by atoms with Crippen molar-refractivity contribution in [3.05, 3.63) is 70.6 Å². The van der Waals surface area contributed by atoms with Gasteiger partial charge in [0, 0.05) is 0 Å². The number of carboxylic acids is 1. The highest BCUT2D eigenvalue weighted by Gasteiger charge is 2.33. The molecule has 1 aliphatic heterocycles. The van der Waals surface area contributed by atoms with Crippen LogP contribution in [0.5, 0.6) is 0 Å². The van der Waals surface area contributed by atoms with Gasteiger partial charge in [-0.25, -0.2) is 0 Å². The Morgan fingerprint density at radius 3 is 2.35 bits per heavy atom. The van der Waals surface area contributed by atoms with E-state index in [2.05, 4.69) is 0 Å². The molecule has 1 amide bonds. The number of carboxylic acid groups (broad SMARTS) is 1. The third-order valence-electron chi connectivity index (χ3n) is 3.25. The van der Waals surface area contributed by atoms with Crippen LogP contribution >= 0.6 is 24.0 Å². The van der Waals surface area contributed by atoms with Gasteiger partial charge in [0.15, 0.2) is 4.32 Å². The molecule has 23 heavy (non-hydrogen) atoms. The van der Waals surface area contributed by atoms with Crippen LogP contribution in [0.1, 0.15) is 15.9 Å². The number of nitrogens with zero attached hydrogens (tertiary/aromatic N) is 1. The third-order valence-corrected chi connectivity index (χ3v) is 4.55. The molecule has 1 fully saturated rings. The second-order valence-corrected chi connectivity index (χ2v) is 6.44. The van der Waals surface area contributed by atoms with E-state index in [1.54, 1.807) is 18.2 Å². The van der Waals surface area contributed by atoms with Gasteiger partial charge in [0.05, 0.1) is 16.6 Å². The Hall–Kier alpha value is -2.44. The van der Waals surface area contributed by atoms with Gasteiger partial charge in [-0.15, -0.1) is 0 Å². The SMILES string of the molecule is O=C([O-])c1ccc(N2C(=O)/C(=C\c3ccccc3)SC2=S)cc1. The number of amides is 1. The largest absolute Gasteiger partial charge is 0.545 e. The average molecular weight is 340 g/mol. The Labute approximate surface area is 142 Å². The van der Waals surface area contributed by atoms with Crippen LogP contribution in [0, 0.1) is 0 Å². The van der Waals surface area contributed by atoms with Gasteiger partial charge in [0.2, 0.25) is 0 Å². The van der Waals surface area contributed by atoms with E-state index in [-0.39, 0.29) is 11.5 Å². The molecule has 0 aromatic heterocycles. The smallest absolute Gasteiger partial charge is 0.270 e. The number of anilines is 1. The van der Waals surface area contributed by atoms with Crippen molar-refractivity contribution in [1.29, 1.82) is 0 Å². The van der Waals surface area contributed by atoms with E-state index < -0.39 is 5.97 Å². The molecule has 0 N–H and O–H groups in total. The first-order chi connectivity index (χ1) is 11.1. The lowest BCUT2D eigenvalue weighted by Gasteiger charge is -2.15.